The molecule has 0 aliphatic carbocycles. The van der Waals surface area contributed by atoms with Gasteiger partial charge in [0.2, 0.25) is 5.91 Å². The van der Waals surface area contributed by atoms with E-state index in [-0.39, 0.29) is 18.9 Å². The Kier molecular flexibility index (Phi) is 3.66. The molecule has 0 aliphatic rings. The number of aromatic nitrogens is 2. The van der Waals surface area contributed by atoms with E-state index in [2.05, 4.69) is 10.3 Å². The summed E-state index contributed by atoms with van der Waals surface area (Å²) in [5.74, 6) is -0.116. The van der Waals surface area contributed by atoms with Gasteiger partial charge < -0.3 is 14.8 Å². The largest absolute Gasteiger partial charge is 0.392 e. The standard InChI is InChI=1S/C16H15N3O2/c20-11-12-4-6-13(7-5-12)18-16(21)9-14-10-19-8-2-1-3-15(19)17-14/h1-8,10,20H,9,11H2,(H,18,21). The molecule has 21 heavy (non-hydrogen) atoms. The van der Waals surface area contributed by atoms with Gasteiger partial charge in [0.15, 0.2) is 0 Å². The lowest BCUT2D eigenvalue weighted by atomic mass is 10.2. The molecule has 0 fully saturated rings. The Bertz CT molecular complexity index is 730. The van der Waals surface area contributed by atoms with Gasteiger partial charge in [-0.2, -0.15) is 0 Å². The zero-order chi connectivity index (χ0) is 14.7. The number of amides is 1. The van der Waals surface area contributed by atoms with Gasteiger partial charge in [-0.05, 0) is 29.8 Å². The molecule has 1 aromatic carbocycles. The lowest BCUT2D eigenvalue weighted by Crippen LogP contribution is -2.14. The second kappa shape index (κ2) is 5.76. The molecule has 2 aromatic heterocycles. The molecule has 0 aliphatic heterocycles. The fourth-order valence-corrected chi connectivity index (χ4v) is 2.14. The van der Waals surface area contributed by atoms with Crippen LogP contribution in [0.15, 0.2) is 54.9 Å². The van der Waals surface area contributed by atoms with E-state index in [0.717, 1.165) is 16.9 Å². The summed E-state index contributed by atoms with van der Waals surface area (Å²) < 4.78 is 1.89. The number of aliphatic hydroxyl groups is 1. The van der Waals surface area contributed by atoms with E-state index in [1.165, 1.54) is 0 Å². The second-order valence-electron chi connectivity index (χ2n) is 4.78. The van der Waals surface area contributed by atoms with Crippen LogP contribution < -0.4 is 5.32 Å². The molecule has 2 N–H and O–H groups in total. The van der Waals surface area contributed by atoms with Crippen molar-refractivity contribution in [2.24, 2.45) is 0 Å². The molecule has 0 radical (unpaired) electrons. The van der Waals surface area contributed by atoms with Crippen molar-refractivity contribution in [2.45, 2.75) is 13.0 Å². The van der Waals surface area contributed by atoms with Gasteiger partial charge in [0.25, 0.3) is 0 Å². The first-order valence-electron chi connectivity index (χ1n) is 6.67. The first-order valence-corrected chi connectivity index (χ1v) is 6.67. The average Bonchev–Trinajstić information content (AvgIpc) is 2.90. The molecule has 3 rings (SSSR count). The van der Waals surface area contributed by atoms with E-state index < -0.39 is 0 Å². The van der Waals surface area contributed by atoms with Gasteiger partial charge in [-0.15, -0.1) is 0 Å². The lowest BCUT2D eigenvalue weighted by molar-refractivity contribution is -0.115. The SMILES string of the molecule is O=C(Cc1cn2ccccc2n1)Nc1ccc(CO)cc1. The Morgan fingerprint density at radius 3 is 2.71 bits per heavy atom. The van der Waals surface area contributed by atoms with Gasteiger partial charge >= 0.3 is 0 Å². The Balaban J connectivity index is 1.67. The highest BCUT2D eigenvalue weighted by Gasteiger charge is 2.07. The van der Waals surface area contributed by atoms with Gasteiger partial charge in [0, 0.05) is 18.1 Å². The summed E-state index contributed by atoms with van der Waals surface area (Å²) in [7, 11) is 0. The van der Waals surface area contributed by atoms with Crippen molar-refractivity contribution in [1.82, 2.24) is 9.38 Å². The molecule has 3 aromatic rings. The number of nitrogens with one attached hydrogen (secondary N) is 1. The first kappa shape index (κ1) is 13.3. The maximum absolute atomic E-state index is 12.0. The van der Waals surface area contributed by atoms with Crippen LogP contribution in [-0.2, 0) is 17.8 Å². The van der Waals surface area contributed by atoms with E-state index in [4.69, 9.17) is 5.11 Å². The Morgan fingerprint density at radius 2 is 2.00 bits per heavy atom. The van der Waals surface area contributed by atoms with Crippen molar-refractivity contribution in [2.75, 3.05) is 5.32 Å². The molecule has 0 spiro atoms. The molecule has 0 unspecified atom stereocenters. The smallest absolute Gasteiger partial charge is 0.230 e. The Hall–Kier alpha value is -2.66. The van der Waals surface area contributed by atoms with Gasteiger partial charge in [-0.25, -0.2) is 4.98 Å². The zero-order valence-corrected chi connectivity index (χ0v) is 11.4. The summed E-state index contributed by atoms with van der Waals surface area (Å²) in [5.41, 5.74) is 3.08. The number of aliphatic hydroxyl groups excluding tert-OH is 1. The number of hydrogen-bond acceptors (Lipinski definition) is 3. The number of rotatable bonds is 4. The molecule has 5 nitrogen and oxygen atoms in total. The summed E-state index contributed by atoms with van der Waals surface area (Å²) in [6.07, 6.45) is 3.98. The van der Waals surface area contributed by atoms with Crippen LogP contribution in [0.1, 0.15) is 11.3 Å². The predicted octanol–water partition coefficient (Wildman–Crippen LogP) is 2.01. The number of anilines is 1. The highest BCUT2D eigenvalue weighted by atomic mass is 16.3. The molecule has 5 heteroatoms. The van der Waals surface area contributed by atoms with Crippen LogP contribution in [0.25, 0.3) is 5.65 Å². The van der Waals surface area contributed by atoms with Crippen LogP contribution in [0.4, 0.5) is 5.69 Å². The summed E-state index contributed by atoms with van der Waals surface area (Å²) in [6, 6.07) is 12.8. The molecule has 0 saturated carbocycles. The number of nitrogens with zero attached hydrogens (tertiary/aromatic N) is 2. The number of imidazole rings is 1. The van der Waals surface area contributed by atoms with Crippen molar-refractivity contribution < 1.29 is 9.90 Å². The third kappa shape index (κ3) is 3.09. The number of fused-ring (bicyclic) bond motifs is 1. The third-order valence-corrected chi connectivity index (χ3v) is 3.18. The van der Waals surface area contributed by atoms with E-state index >= 15 is 0 Å². The maximum atomic E-state index is 12.0. The Morgan fingerprint density at radius 1 is 1.19 bits per heavy atom. The lowest BCUT2D eigenvalue weighted by Gasteiger charge is -2.04. The molecule has 0 atom stereocenters. The summed E-state index contributed by atoms with van der Waals surface area (Å²) in [6.45, 7) is -0.00449. The topological polar surface area (TPSA) is 66.6 Å². The van der Waals surface area contributed by atoms with Crippen LogP contribution in [0, 0.1) is 0 Å². The van der Waals surface area contributed by atoms with Crippen molar-refractivity contribution >= 4 is 17.2 Å². The van der Waals surface area contributed by atoms with Crippen LogP contribution >= 0.6 is 0 Å². The number of pyridine rings is 1. The molecule has 0 saturated heterocycles. The van der Waals surface area contributed by atoms with E-state index in [1.807, 2.05) is 35.0 Å². The molecular weight excluding hydrogens is 266 g/mol. The molecular formula is C16H15N3O2. The summed E-state index contributed by atoms with van der Waals surface area (Å²) in [5, 5.41) is 11.8. The van der Waals surface area contributed by atoms with Crippen LogP contribution in [-0.4, -0.2) is 20.4 Å². The minimum Gasteiger partial charge on any atom is -0.392 e. The van der Waals surface area contributed by atoms with Crippen molar-refractivity contribution in [3.05, 3.63) is 66.1 Å². The molecule has 0 bridgehead atoms. The van der Waals surface area contributed by atoms with Crippen LogP contribution in [0.5, 0.6) is 0 Å². The summed E-state index contributed by atoms with van der Waals surface area (Å²) in [4.78, 5) is 16.4. The number of benzene rings is 1. The van der Waals surface area contributed by atoms with Crippen LogP contribution in [0.2, 0.25) is 0 Å². The highest BCUT2D eigenvalue weighted by Crippen LogP contribution is 2.11. The van der Waals surface area contributed by atoms with Crippen molar-refractivity contribution in [1.29, 1.82) is 0 Å². The normalized spacial score (nSPS) is 10.7. The van der Waals surface area contributed by atoms with Gasteiger partial charge in [0.05, 0.1) is 18.7 Å². The molecule has 2 heterocycles. The fraction of sp³-hybridized carbons (Fsp3) is 0.125. The van der Waals surface area contributed by atoms with Crippen molar-refractivity contribution in [3.63, 3.8) is 0 Å². The zero-order valence-electron chi connectivity index (χ0n) is 11.4. The quantitative estimate of drug-likeness (QED) is 0.768. The van der Waals surface area contributed by atoms with Crippen molar-refractivity contribution in [3.8, 4) is 0 Å². The predicted molar refractivity (Wildman–Crippen MR) is 79.9 cm³/mol. The molecule has 1 amide bonds. The number of carbonyl (C=O) groups is 1. The third-order valence-electron chi connectivity index (χ3n) is 3.18. The molecule has 106 valence electrons. The second-order valence-corrected chi connectivity index (χ2v) is 4.78. The monoisotopic (exact) mass is 281 g/mol. The van der Waals surface area contributed by atoms with Gasteiger partial charge in [-0.1, -0.05) is 18.2 Å². The number of carbonyl (C=O) groups excluding carboxylic acids is 1. The van der Waals surface area contributed by atoms with Gasteiger partial charge in [-0.3, -0.25) is 4.79 Å². The van der Waals surface area contributed by atoms with E-state index in [1.54, 1.807) is 24.3 Å². The maximum Gasteiger partial charge on any atom is 0.230 e. The first-order chi connectivity index (χ1) is 10.2. The minimum absolute atomic E-state index is 0.00449. The average molecular weight is 281 g/mol. The van der Waals surface area contributed by atoms with Crippen LogP contribution in [0.3, 0.4) is 0 Å². The Labute approximate surface area is 121 Å². The number of hydrogen-bond donors (Lipinski definition) is 2. The highest BCUT2D eigenvalue weighted by molar-refractivity contribution is 5.92. The minimum atomic E-state index is -0.116. The van der Waals surface area contributed by atoms with E-state index in [0.29, 0.717) is 5.69 Å². The fourth-order valence-electron chi connectivity index (χ4n) is 2.14. The van der Waals surface area contributed by atoms with E-state index in [9.17, 15) is 4.79 Å². The summed E-state index contributed by atoms with van der Waals surface area (Å²) >= 11 is 0. The van der Waals surface area contributed by atoms with Gasteiger partial charge in [0.1, 0.15) is 5.65 Å².